The van der Waals surface area contributed by atoms with Gasteiger partial charge in [0.1, 0.15) is 0 Å². The largest absolute Gasteiger partial charge is 0.505 e. The van der Waals surface area contributed by atoms with Gasteiger partial charge in [-0.2, -0.15) is 0 Å². The van der Waals surface area contributed by atoms with Crippen LogP contribution in [-0.2, 0) is 5.41 Å². The summed E-state index contributed by atoms with van der Waals surface area (Å²) in [7, 11) is 0. The zero-order chi connectivity index (χ0) is 10.9. The van der Waals surface area contributed by atoms with Crippen molar-refractivity contribution >= 4 is 5.76 Å². The van der Waals surface area contributed by atoms with Gasteiger partial charge >= 0.3 is 0 Å². The molecule has 0 radical (unpaired) electrons. The summed E-state index contributed by atoms with van der Waals surface area (Å²) in [6, 6.07) is 1.42. The van der Waals surface area contributed by atoms with E-state index in [1.54, 1.807) is 0 Å². The van der Waals surface area contributed by atoms with E-state index < -0.39 is 0 Å². The zero-order valence-corrected chi connectivity index (χ0v) is 8.59. The molecule has 4 nitrogen and oxygen atoms in total. The topological polar surface area (TPSA) is 66.0 Å². The van der Waals surface area contributed by atoms with Gasteiger partial charge in [0.15, 0.2) is 11.6 Å². The van der Waals surface area contributed by atoms with Crippen LogP contribution in [0.1, 0.15) is 32.3 Å². The summed E-state index contributed by atoms with van der Waals surface area (Å²) in [6.45, 7) is 9.14. The molecule has 0 bridgehead atoms. The maximum Gasteiger partial charge on any atom is 0.251 e. The molecule has 0 spiro atoms. The lowest BCUT2D eigenvalue weighted by Crippen LogP contribution is -2.20. The normalized spacial score (nSPS) is 11.4. The van der Waals surface area contributed by atoms with Crippen molar-refractivity contribution in [2.45, 2.75) is 26.2 Å². The molecule has 0 aromatic carbocycles. The SMILES string of the molecule is C=C(O)c1nc(C(C)(C)C)cc(=O)[nH]1. The first-order valence-electron chi connectivity index (χ1n) is 4.31. The smallest absolute Gasteiger partial charge is 0.251 e. The molecule has 0 amide bonds. The summed E-state index contributed by atoms with van der Waals surface area (Å²) in [6.07, 6.45) is 0. The van der Waals surface area contributed by atoms with Crippen LogP contribution >= 0.6 is 0 Å². The number of hydrogen-bond donors (Lipinski definition) is 2. The van der Waals surface area contributed by atoms with Gasteiger partial charge in [0.2, 0.25) is 0 Å². The molecule has 0 atom stereocenters. The Morgan fingerprint density at radius 3 is 2.57 bits per heavy atom. The first-order valence-corrected chi connectivity index (χ1v) is 4.31. The van der Waals surface area contributed by atoms with Gasteiger partial charge in [-0.15, -0.1) is 0 Å². The lowest BCUT2D eigenvalue weighted by molar-refractivity contribution is 0.501. The minimum absolute atomic E-state index is 0.127. The fourth-order valence-corrected chi connectivity index (χ4v) is 0.979. The first kappa shape index (κ1) is 10.5. The molecule has 0 aliphatic rings. The minimum atomic E-state index is -0.282. The van der Waals surface area contributed by atoms with E-state index in [-0.39, 0.29) is 22.6 Å². The highest BCUT2D eigenvalue weighted by molar-refractivity contribution is 5.47. The van der Waals surface area contributed by atoms with E-state index in [4.69, 9.17) is 5.11 Å². The Kier molecular flexibility index (Phi) is 2.47. The van der Waals surface area contributed by atoms with Crippen LogP contribution in [0.5, 0.6) is 0 Å². The molecule has 14 heavy (non-hydrogen) atoms. The first-order chi connectivity index (χ1) is 6.30. The summed E-state index contributed by atoms with van der Waals surface area (Å²) >= 11 is 0. The van der Waals surface area contributed by atoms with Crippen molar-refractivity contribution in [2.24, 2.45) is 0 Å². The Bertz CT molecular complexity index is 413. The third-order valence-corrected chi connectivity index (χ3v) is 1.78. The Morgan fingerprint density at radius 1 is 1.57 bits per heavy atom. The number of hydrogen-bond acceptors (Lipinski definition) is 3. The Labute approximate surface area is 82.3 Å². The number of aliphatic hydroxyl groups excluding tert-OH is 1. The molecule has 1 aromatic heterocycles. The van der Waals surface area contributed by atoms with Crippen molar-refractivity contribution in [1.82, 2.24) is 9.97 Å². The second kappa shape index (κ2) is 3.29. The van der Waals surface area contributed by atoms with Crippen molar-refractivity contribution in [3.8, 4) is 0 Å². The molecule has 4 heteroatoms. The maximum absolute atomic E-state index is 11.2. The number of aliphatic hydroxyl groups is 1. The van der Waals surface area contributed by atoms with Crippen molar-refractivity contribution in [2.75, 3.05) is 0 Å². The molecule has 0 saturated heterocycles. The Hall–Kier alpha value is -1.58. The maximum atomic E-state index is 11.2. The van der Waals surface area contributed by atoms with Gasteiger partial charge in [-0.25, -0.2) is 4.98 Å². The molecule has 1 aromatic rings. The van der Waals surface area contributed by atoms with Crippen LogP contribution in [0.15, 0.2) is 17.4 Å². The van der Waals surface area contributed by atoms with Gasteiger partial charge in [-0.1, -0.05) is 27.4 Å². The van der Waals surface area contributed by atoms with E-state index in [9.17, 15) is 4.79 Å². The monoisotopic (exact) mass is 194 g/mol. The number of nitrogens with zero attached hydrogens (tertiary/aromatic N) is 1. The highest BCUT2D eigenvalue weighted by Gasteiger charge is 2.17. The number of nitrogens with one attached hydrogen (secondary N) is 1. The van der Waals surface area contributed by atoms with Crippen LogP contribution in [0.4, 0.5) is 0 Å². The Morgan fingerprint density at radius 2 is 2.14 bits per heavy atom. The van der Waals surface area contributed by atoms with Gasteiger partial charge in [0, 0.05) is 11.5 Å². The van der Waals surface area contributed by atoms with E-state index in [0.717, 1.165) is 0 Å². The third kappa shape index (κ3) is 2.22. The van der Waals surface area contributed by atoms with Crippen LogP contribution in [0.3, 0.4) is 0 Å². The predicted octanol–water partition coefficient (Wildman–Crippen LogP) is 1.60. The minimum Gasteiger partial charge on any atom is -0.505 e. The van der Waals surface area contributed by atoms with Crippen molar-refractivity contribution in [3.05, 3.63) is 34.5 Å². The average Bonchev–Trinajstić information content (AvgIpc) is 2.01. The van der Waals surface area contributed by atoms with Gasteiger partial charge in [-0.05, 0) is 0 Å². The van der Waals surface area contributed by atoms with E-state index in [1.807, 2.05) is 20.8 Å². The summed E-state index contributed by atoms with van der Waals surface area (Å²) in [5, 5.41) is 9.11. The van der Waals surface area contributed by atoms with Gasteiger partial charge in [0.25, 0.3) is 5.56 Å². The molecule has 1 heterocycles. The van der Waals surface area contributed by atoms with E-state index in [2.05, 4.69) is 16.5 Å². The number of aromatic nitrogens is 2. The lowest BCUT2D eigenvalue weighted by atomic mass is 9.92. The summed E-state index contributed by atoms with van der Waals surface area (Å²) in [5.41, 5.74) is 0.125. The molecular formula is C10H14N2O2. The lowest BCUT2D eigenvalue weighted by Gasteiger charge is -2.17. The molecule has 0 saturated carbocycles. The summed E-state index contributed by atoms with van der Waals surface area (Å²) < 4.78 is 0. The fourth-order valence-electron chi connectivity index (χ4n) is 0.979. The predicted molar refractivity (Wildman–Crippen MR) is 55.2 cm³/mol. The van der Waals surface area contributed by atoms with Crippen LogP contribution in [0, 0.1) is 0 Å². The highest BCUT2D eigenvalue weighted by Crippen LogP contribution is 2.18. The van der Waals surface area contributed by atoms with Crippen LogP contribution in [-0.4, -0.2) is 15.1 Å². The van der Waals surface area contributed by atoms with Crippen molar-refractivity contribution in [1.29, 1.82) is 0 Å². The Balaban J connectivity index is 3.35. The number of rotatable bonds is 1. The molecule has 76 valence electrons. The number of H-pyrrole nitrogens is 1. The zero-order valence-electron chi connectivity index (χ0n) is 8.59. The highest BCUT2D eigenvalue weighted by atomic mass is 16.3. The fraction of sp³-hybridized carbons (Fsp3) is 0.400. The molecular weight excluding hydrogens is 180 g/mol. The average molecular weight is 194 g/mol. The van der Waals surface area contributed by atoms with Crippen LogP contribution in [0.25, 0.3) is 5.76 Å². The number of aromatic amines is 1. The second-order valence-electron chi connectivity index (χ2n) is 4.18. The van der Waals surface area contributed by atoms with Crippen LogP contribution in [0.2, 0.25) is 0 Å². The standard InChI is InChI=1S/C10H14N2O2/c1-6(13)9-11-7(10(2,3)4)5-8(14)12-9/h5,13H,1H2,2-4H3,(H,11,12,14). The van der Waals surface area contributed by atoms with E-state index >= 15 is 0 Å². The van der Waals surface area contributed by atoms with E-state index in [1.165, 1.54) is 6.07 Å². The molecule has 2 N–H and O–H groups in total. The van der Waals surface area contributed by atoms with Crippen LogP contribution < -0.4 is 5.56 Å². The quantitative estimate of drug-likeness (QED) is 0.667. The van der Waals surface area contributed by atoms with E-state index in [0.29, 0.717) is 5.69 Å². The molecule has 0 unspecified atom stereocenters. The molecule has 1 rings (SSSR count). The summed E-state index contributed by atoms with van der Waals surface area (Å²) in [4.78, 5) is 17.7. The van der Waals surface area contributed by atoms with Gasteiger partial charge in [-0.3, -0.25) is 4.79 Å². The van der Waals surface area contributed by atoms with Crippen molar-refractivity contribution < 1.29 is 5.11 Å². The third-order valence-electron chi connectivity index (χ3n) is 1.78. The second-order valence-corrected chi connectivity index (χ2v) is 4.18. The molecule has 0 aliphatic heterocycles. The van der Waals surface area contributed by atoms with Gasteiger partial charge < -0.3 is 10.1 Å². The van der Waals surface area contributed by atoms with Gasteiger partial charge in [0.05, 0.1) is 5.69 Å². The molecule has 0 fully saturated rings. The molecule has 0 aliphatic carbocycles. The summed E-state index contributed by atoms with van der Waals surface area (Å²) in [5.74, 6) is -0.101. The van der Waals surface area contributed by atoms with Crippen molar-refractivity contribution in [3.63, 3.8) is 0 Å².